The van der Waals surface area contributed by atoms with Crippen LogP contribution < -0.4 is 5.32 Å². The Morgan fingerprint density at radius 3 is 2.09 bits per heavy atom. The molecule has 2 amide bonds. The van der Waals surface area contributed by atoms with Gasteiger partial charge in [-0.3, -0.25) is 9.59 Å². The van der Waals surface area contributed by atoms with Crippen LogP contribution in [-0.4, -0.2) is 29.3 Å². The van der Waals surface area contributed by atoms with Gasteiger partial charge in [-0.2, -0.15) is 0 Å². The molecule has 32 heavy (non-hydrogen) atoms. The van der Waals surface area contributed by atoms with E-state index >= 15 is 0 Å². The molecule has 0 heterocycles. The predicted octanol–water partition coefficient (Wildman–Crippen LogP) is 6.24. The van der Waals surface area contributed by atoms with Gasteiger partial charge in [0.05, 0.1) is 10.0 Å². The van der Waals surface area contributed by atoms with Gasteiger partial charge in [-0.25, -0.2) is 0 Å². The Balaban J connectivity index is 2.14. The summed E-state index contributed by atoms with van der Waals surface area (Å²) in [4.78, 5) is 27.6. The zero-order chi connectivity index (χ0) is 23.8. The minimum absolute atomic E-state index is 0.0730. The maximum atomic E-state index is 13.2. The first-order valence-corrected chi connectivity index (χ1v) is 11.9. The minimum Gasteiger partial charge on any atom is -0.354 e. The van der Waals surface area contributed by atoms with Gasteiger partial charge in [0.15, 0.2) is 0 Å². The lowest BCUT2D eigenvalue weighted by Crippen LogP contribution is -2.48. The molecule has 174 valence electrons. The summed E-state index contributed by atoms with van der Waals surface area (Å²) >= 11 is 12.2. The van der Waals surface area contributed by atoms with Gasteiger partial charge in [0, 0.05) is 19.5 Å². The highest BCUT2D eigenvalue weighted by Crippen LogP contribution is 2.24. The topological polar surface area (TPSA) is 49.4 Å². The molecule has 6 heteroatoms. The van der Waals surface area contributed by atoms with E-state index in [-0.39, 0.29) is 18.4 Å². The molecule has 0 saturated heterocycles. The van der Waals surface area contributed by atoms with E-state index in [1.165, 1.54) is 5.56 Å². The third kappa shape index (κ3) is 7.83. The largest absolute Gasteiger partial charge is 0.354 e. The molecule has 1 atom stereocenters. The normalized spacial score (nSPS) is 12.2. The SMILES string of the molecule is CC(C)CNC(=O)C(C)N(Cc1ccc(Cl)c(Cl)c1)C(=O)CCc1ccc(C(C)C)cc1. The van der Waals surface area contributed by atoms with E-state index < -0.39 is 6.04 Å². The summed E-state index contributed by atoms with van der Waals surface area (Å²) in [6.07, 6.45) is 0.944. The molecule has 2 aromatic carbocycles. The van der Waals surface area contributed by atoms with Crippen LogP contribution in [0.3, 0.4) is 0 Å². The van der Waals surface area contributed by atoms with E-state index in [0.29, 0.717) is 41.3 Å². The highest BCUT2D eigenvalue weighted by atomic mass is 35.5. The molecule has 0 saturated carbocycles. The standard InChI is InChI=1S/C26H34Cl2N2O2/c1-17(2)15-29-26(32)19(5)30(16-21-8-12-23(27)24(28)14-21)25(31)13-9-20-6-10-22(11-7-20)18(3)4/h6-8,10-12,14,17-19H,9,13,15-16H2,1-5H3,(H,29,32). The molecule has 0 bridgehead atoms. The van der Waals surface area contributed by atoms with Gasteiger partial charge in [0.2, 0.25) is 11.8 Å². The van der Waals surface area contributed by atoms with Gasteiger partial charge in [-0.1, -0.05) is 81.2 Å². The summed E-state index contributed by atoms with van der Waals surface area (Å²) in [5.74, 6) is 0.571. The lowest BCUT2D eigenvalue weighted by Gasteiger charge is -2.29. The van der Waals surface area contributed by atoms with E-state index in [4.69, 9.17) is 23.2 Å². The van der Waals surface area contributed by atoms with Gasteiger partial charge in [-0.05, 0) is 54.0 Å². The molecule has 2 aromatic rings. The quantitative estimate of drug-likeness (QED) is 0.441. The lowest BCUT2D eigenvalue weighted by atomic mass is 10.00. The van der Waals surface area contributed by atoms with Crippen LogP contribution in [0.15, 0.2) is 42.5 Å². The number of aryl methyl sites for hydroxylation is 1. The van der Waals surface area contributed by atoms with Crippen molar-refractivity contribution in [3.63, 3.8) is 0 Å². The number of rotatable bonds is 10. The number of nitrogens with zero attached hydrogens (tertiary/aromatic N) is 1. The highest BCUT2D eigenvalue weighted by molar-refractivity contribution is 6.42. The van der Waals surface area contributed by atoms with Gasteiger partial charge >= 0.3 is 0 Å². The first kappa shape index (κ1) is 26.2. The summed E-state index contributed by atoms with van der Waals surface area (Å²) in [5.41, 5.74) is 3.21. The average Bonchev–Trinajstić information content (AvgIpc) is 2.76. The molecule has 0 radical (unpaired) electrons. The molecule has 0 aliphatic rings. The van der Waals surface area contributed by atoms with E-state index in [2.05, 4.69) is 43.4 Å². The summed E-state index contributed by atoms with van der Waals surface area (Å²) < 4.78 is 0. The van der Waals surface area contributed by atoms with E-state index in [1.54, 1.807) is 24.0 Å². The molecule has 4 nitrogen and oxygen atoms in total. The van der Waals surface area contributed by atoms with Crippen molar-refractivity contribution in [2.75, 3.05) is 6.54 Å². The number of carbonyl (C=O) groups is 2. The van der Waals surface area contributed by atoms with Crippen LogP contribution >= 0.6 is 23.2 Å². The molecule has 2 rings (SSSR count). The Morgan fingerprint density at radius 2 is 1.53 bits per heavy atom. The van der Waals surface area contributed by atoms with Gasteiger partial charge in [0.25, 0.3) is 0 Å². The van der Waals surface area contributed by atoms with Crippen molar-refractivity contribution < 1.29 is 9.59 Å². The predicted molar refractivity (Wildman–Crippen MR) is 133 cm³/mol. The number of benzene rings is 2. The number of hydrogen-bond donors (Lipinski definition) is 1. The summed E-state index contributed by atoms with van der Waals surface area (Å²) in [7, 11) is 0. The fourth-order valence-electron chi connectivity index (χ4n) is 3.33. The van der Waals surface area contributed by atoms with Crippen LogP contribution in [0.25, 0.3) is 0 Å². The van der Waals surface area contributed by atoms with Crippen molar-refractivity contribution in [2.24, 2.45) is 5.92 Å². The van der Waals surface area contributed by atoms with Crippen molar-refractivity contribution in [2.45, 2.75) is 66.0 Å². The zero-order valence-corrected chi connectivity index (χ0v) is 21.1. The Hall–Kier alpha value is -2.04. The molecule has 0 aromatic heterocycles. The van der Waals surface area contributed by atoms with Crippen LogP contribution in [0.4, 0.5) is 0 Å². The molecule has 0 fully saturated rings. The first-order chi connectivity index (χ1) is 15.1. The van der Waals surface area contributed by atoms with E-state index in [0.717, 1.165) is 11.1 Å². The average molecular weight is 477 g/mol. The third-order valence-corrected chi connectivity index (χ3v) is 6.20. The lowest BCUT2D eigenvalue weighted by molar-refractivity contribution is -0.140. The van der Waals surface area contributed by atoms with Crippen molar-refractivity contribution in [3.05, 3.63) is 69.2 Å². The second-order valence-electron chi connectivity index (χ2n) is 8.98. The van der Waals surface area contributed by atoms with Crippen LogP contribution in [0.5, 0.6) is 0 Å². The van der Waals surface area contributed by atoms with E-state index in [9.17, 15) is 9.59 Å². The van der Waals surface area contributed by atoms with E-state index in [1.807, 2.05) is 19.9 Å². The molecule has 1 N–H and O–H groups in total. The van der Waals surface area contributed by atoms with Crippen LogP contribution in [0.2, 0.25) is 10.0 Å². The van der Waals surface area contributed by atoms with Crippen molar-refractivity contribution >= 4 is 35.0 Å². The Bertz CT molecular complexity index is 911. The Morgan fingerprint density at radius 1 is 0.906 bits per heavy atom. The molecular weight excluding hydrogens is 443 g/mol. The van der Waals surface area contributed by atoms with Crippen LogP contribution in [0, 0.1) is 5.92 Å². The third-order valence-electron chi connectivity index (χ3n) is 5.46. The molecule has 1 unspecified atom stereocenters. The maximum Gasteiger partial charge on any atom is 0.242 e. The van der Waals surface area contributed by atoms with Crippen molar-refractivity contribution in [3.8, 4) is 0 Å². The fourth-order valence-corrected chi connectivity index (χ4v) is 3.65. The summed E-state index contributed by atoms with van der Waals surface area (Å²) in [6.45, 7) is 11.0. The van der Waals surface area contributed by atoms with Gasteiger partial charge in [-0.15, -0.1) is 0 Å². The number of nitrogens with one attached hydrogen (secondary N) is 1. The highest BCUT2D eigenvalue weighted by Gasteiger charge is 2.26. The Labute approximate surface area is 202 Å². The maximum absolute atomic E-state index is 13.2. The summed E-state index contributed by atoms with van der Waals surface area (Å²) in [6, 6.07) is 13.1. The summed E-state index contributed by atoms with van der Waals surface area (Å²) in [5, 5.41) is 3.82. The number of halogens is 2. The molecule has 0 aliphatic carbocycles. The smallest absolute Gasteiger partial charge is 0.242 e. The zero-order valence-electron chi connectivity index (χ0n) is 19.6. The first-order valence-electron chi connectivity index (χ1n) is 11.2. The minimum atomic E-state index is -0.598. The van der Waals surface area contributed by atoms with Crippen LogP contribution in [0.1, 0.15) is 63.6 Å². The Kier molecular flexibility index (Phi) is 10.0. The fraction of sp³-hybridized carbons (Fsp3) is 0.462. The monoisotopic (exact) mass is 476 g/mol. The number of carbonyl (C=O) groups excluding carboxylic acids is 2. The van der Waals surface area contributed by atoms with Crippen molar-refractivity contribution in [1.29, 1.82) is 0 Å². The number of amides is 2. The van der Waals surface area contributed by atoms with Crippen molar-refractivity contribution in [1.82, 2.24) is 10.2 Å². The molecular formula is C26H34Cl2N2O2. The second-order valence-corrected chi connectivity index (χ2v) is 9.80. The second kappa shape index (κ2) is 12.3. The number of hydrogen-bond acceptors (Lipinski definition) is 2. The van der Waals surface area contributed by atoms with Gasteiger partial charge < -0.3 is 10.2 Å². The molecule has 0 aliphatic heterocycles. The van der Waals surface area contributed by atoms with Crippen LogP contribution in [-0.2, 0) is 22.6 Å². The molecule has 0 spiro atoms. The van der Waals surface area contributed by atoms with Gasteiger partial charge in [0.1, 0.15) is 6.04 Å².